The number of nitrogens with one attached hydrogen (secondary N) is 1. The molecule has 1 N–H and O–H groups in total. The summed E-state index contributed by atoms with van der Waals surface area (Å²) in [7, 11) is 0. The lowest BCUT2D eigenvalue weighted by molar-refractivity contribution is 0.340. The highest BCUT2D eigenvalue weighted by molar-refractivity contribution is 6.31. The third kappa shape index (κ3) is 3.90. The average Bonchev–Trinajstić information content (AvgIpc) is 2.41. The largest absolute Gasteiger partial charge is 0.494 e. The first-order valence-electron chi connectivity index (χ1n) is 6.41. The van der Waals surface area contributed by atoms with E-state index in [1.807, 2.05) is 50.2 Å². The number of halogens is 1. The Morgan fingerprint density at radius 2 is 2.00 bits per heavy atom. The normalized spacial score (nSPS) is 10.3. The van der Waals surface area contributed by atoms with E-state index in [2.05, 4.69) is 11.4 Å². The Hall–Kier alpha value is -1.67. The van der Waals surface area contributed by atoms with Gasteiger partial charge in [-0.2, -0.15) is 0 Å². The van der Waals surface area contributed by atoms with E-state index in [4.69, 9.17) is 16.3 Å². The van der Waals surface area contributed by atoms with E-state index in [9.17, 15) is 0 Å². The number of anilines is 1. The molecule has 19 heavy (non-hydrogen) atoms. The van der Waals surface area contributed by atoms with Crippen LogP contribution in [-0.4, -0.2) is 6.61 Å². The number of aryl methyl sites for hydroxylation is 1. The first-order valence-corrected chi connectivity index (χ1v) is 6.78. The summed E-state index contributed by atoms with van der Waals surface area (Å²) in [5, 5.41) is 4.14. The molecule has 0 aliphatic heterocycles. The molecule has 2 aromatic carbocycles. The predicted molar refractivity (Wildman–Crippen MR) is 81.1 cm³/mol. The van der Waals surface area contributed by atoms with Gasteiger partial charge < -0.3 is 10.1 Å². The molecular formula is C16H18ClNO. The minimum Gasteiger partial charge on any atom is -0.494 e. The number of ether oxygens (including phenoxy) is 1. The molecule has 100 valence electrons. The average molecular weight is 276 g/mol. The minimum absolute atomic E-state index is 0.685. The van der Waals surface area contributed by atoms with Crippen molar-refractivity contribution in [1.82, 2.24) is 0 Å². The van der Waals surface area contributed by atoms with Crippen LogP contribution in [0.5, 0.6) is 5.75 Å². The lowest BCUT2D eigenvalue weighted by Crippen LogP contribution is -2.00. The predicted octanol–water partition coefficient (Wildman–Crippen LogP) is 4.66. The lowest BCUT2D eigenvalue weighted by Gasteiger charge is -2.09. The second kappa shape index (κ2) is 6.48. The summed E-state index contributed by atoms with van der Waals surface area (Å²) in [6.07, 6.45) is 0. The Bertz CT molecular complexity index is 554. The Balaban J connectivity index is 2.01. The molecule has 0 unspecified atom stereocenters. The molecule has 0 aliphatic carbocycles. The molecule has 0 saturated carbocycles. The van der Waals surface area contributed by atoms with Gasteiger partial charge in [-0.15, -0.1) is 0 Å². The van der Waals surface area contributed by atoms with Crippen LogP contribution < -0.4 is 10.1 Å². The fraction of sp³-hybridized carbons (Fsp3) is 0.250. The zero-order chi connectivity index (χ0) is 13.7. The standard InChI is InChI=1S/C16H18ClNO/c1-3-19-15-6-4-5-13(9-15)11-18-14-8-7-12(2)16(17)10-14/h4-10,18H,3,11H2,1-2H3. The van der Waals surface area contributed by atoms with Crippen molar-refractivity contribution >= 4 is 17.3 Å². The summed E-state index contributed by atoms with van der Waals surface area (Å²) in [6.45, 7) is 5.42. The molecule has 0 spiro atoms. The summed E-state index contributed by atoms with van der Waals surface area (Å²) >= 11 is 6.10. The number of hydrogen-bond donors (Lipinski definition) is 1. The van der Waals surface area contributed by atoms with E-state index < -0.39 is 0 Å². The zero-order valence-corrected chi connectivity index (χ0v) is 12.0. The van der Waals surface area contributed by atoms with Crippen molar-refractivity contribution in [2.24, 2.45) is 0 Å². The van der Waals surface area contributed by atoms with Crippen molar-refractivity contribution in [2.75, 3.05) is 11.9 Å². The molecule has 0 aromatic heterocycles. The Labute approximate surface area is 119 Å². The summed E-state index contributed by atoms with van der Waals surface area (Å²) in [4.78, 5) is 0. The lowest BCUT2D eigenvalue weighted by atomic mass is 10.2. The molecule has 0 atom stereocenters. The SMILES string of the molecule is CCOc1cccc(CNc2ccc(C)c(Cl)c2)c1. The van der Waals surface area contributed by atoms with Crippen LogP contribution in [0.2, 0.25) is 5.02 Å². The number of rotatable bonds is 5. The monoisotopic (exact) mass is 275 g/mol. The van der Waals surface area contributed by atoms with E-state index in [1.54, 1.807) is 0 Å². The highest BCUT2D eigenvalue weighted by atomic mass is 35.5. The van der Waals surface area contributed by atoms with Crippen LogP contribution in [0.25, 0.3) is 0 Å². The Morgan fingerprint density at radius 3 is 2.74 bits per heavy atom. The number of benzene rings is 2. The minimum atomic E-state index is 0.685. The van der Waals surface area contributed by atoms with Gasteiger partial charge in [-0.3, -0.25) is 0 Å². The van der Waals surface area contributed by atoms with Gasteiger partial charge in [0.05, 0.1) is 6.61 Å². The van der Waals surface area contributed by atoms with Crippen molar-refractivity contribution in [3.05, 3.63) is 58.6 Å². The summed E-state index contributed by atoms with van der Waals surface area (Å²) in [5.74, 6) is 0.906. The van der Waals surface area contributed by atoms with Gasteiger partial charge in [0.15, 0.2) is 0 Å². The topological polar surface area (TPSA) is 21.3 Å². The van der Waals surface area contributed by atoms with Crippen molar-refractivity contribution < 1.29 is 4.74 Å². The smallest absolute Gasteiger partial charge is 0.119 e. The van der Waals surface area contributed by atoms with E-state index in [1.165, 1.54) is 5.56 Å². The van der Waals surface area contributed by atoms with E-state index >= 15 is 0 Å². The third-order valence-corrected chi connectivity index (χ3v) is 3.29. The Kier molecular flexibility index (Phi) is 4.69. The molecule has 2 aromatic rings. The highest BCUT2D eigenvalue weighted by Gasteiger charge is 1.99. The highest BCUT2D eigenvalue weighted by Crippen LogP contribution is 2.21. The molecule has 0 saturated heterocycles. The zero-order valence-electron chi connectivity index (χ0n) is 11.2. The van der Waals surface area contributed by atoms with Gasteiger partial charge in [0, 0.05) is 17.3 Å². The van der Waals surface area contributed by atoms with Crippen molar-refractivity contribution in [3.63, 3.8) is 0 Å². The van der Waals surface area contributed by atoms with Gasteiger partial charge in [-0.25, -0.2) is 0 Å². The van der Waals surface area contributed by atoms with Gasteiger partial charge in [-0.1, -0.05) is 29.8 Å². The fourth-order valence-electron chi connectivity index (χ4n) is 1.82. The van der Waals surface area contributed by atoms with Gasteiger partial charge in [0.2, 0.25) is 0 Å². The first-order chi connectivity index (χ1) is 9.19. The van der Waals surface area contributed by atoms with Crippen molar-refractivity contribution in [3.8, 4) is 5.75 Å². The van der Waals surface area contributed by atoms with Crippen LogP contribution >= 0.6 is 11.6 Å². The van der Waals surface area contributed by atoms with Crippen LogP contribution in [0.1, 0.15) is 18.1 Å². The van der Waals surface area contributed by atoms with Crippen LogP contribution in [0.15, 0.2) is 42.5 Å². The molecule has 2 rings (SSSR count). The van der Waals surface area contributed by atoms with Gasteiger partial charge in [-0.05, 0) is 49.2 Å². The van der Waals surface area contributed by atoms with Crippen molar-refractivity contribution in [2.45, 2.75) is 20.4 Å². The molecule has 0 amide bonds. The second-order valence-electron chi connectivity index (χ2n) is 4.40. The summed E-state index contributed by atoms with van der Waals surface area (Å²) in [6, 6.07) is 14.1. The second-order valence-corrected chi connectivity index (χ2v) is 4.81. The van der Waals surface area contributed by atoms with Crippen LogP contribution in [0.3, 0.4) is 0 Å². The molecule has 3 heteroatoms. The third-order valence-electron chi connectivity index (χ3n) is 2.88. The van der Waals surface area contributed by atoms with Crippen molar-refractivity contribution in [1.29, 1.82) is 0 Å². The van der Waals surface area contributed by atoms with Gasteiger partial charge in [0.1, 0.15) is 5.75 Å². The molecule has 0 radical (unpaired) electrons. The fourth-order valence-corrected chi connectivity index (χ4v) is 2.00. The number of hydrogen-bond acceptors (Lipinski definition) is 2. The maximum absolute atomic E-state index is 6.10. The van der Waals surface area contributed by atoms with E-state index in [-0.39, 0.29) is 0 Å². The molecular weight excluding hydrogens is 258 g/mol. The molecule has 0 heterocycles. The molecule has 2 nitrogen and oxygen atoms in total. The molecule has 0 fully saturated rings. The van der Waals surface area contributed by atoms with E-state index in [0.29, 0.717) is 6.61 Å². The van der Waals surface area contributed by atoms with Gasteiger partial charge >= 0.3 is 0 Å². The van der Waals surface area contributed by atoms with Crippen LogP contribution in [0.4, 0.5) is 5.69 Å². The molecule has 0 aliphatic rings. The summed E-state index contributed by atoms with van der Waals surface area (Å²) in [5.41, 5.74) is 3.30. The van der Waals surface area contributed by atoms with Crippen LogP contribution in [-0.2, 0) is 6.54 Å². The van der Waals surface area contributed by atoms with E-state index in [0.717, 1.165) is 28.6 Å². The van der Waals surface area contributed by atoms with Gasteiger partial charge in [0.25, 0.3) is 0 Å². The molecule has 0 bridgehead atoms. The Morgan fingerprint density at radius 1 is 1.16 bits per heavy atom. The maximum Gasteiger partial charge on any atom is 0.119 e. The quantitative estimate of drug-likeness (QED) is 0.857. The summed E-state index contributed by atoms with van der Waals surface area (Å²) < 4.78 is 5.48. The van der Waals surface area contributed by atoms with Crippen LogP contribution in [0, 0.1) is 6.92 Å². The first kappa shape index (κ1) is 13.8. The maximum atomic E-state index is 6.10.